The predicted molar refractivity (Wildman–Crippen MR) is 84.9 cm³/mol. The number of carboxylic acids is 1. The van der Waals surface area contributed by atoms with Crippen molar-refractivity contribution in [1.82, 2.24) is 14.5 Å². The molecule has 2 heterocycles. The Morgan fingerprint density at radius 2 is 2.33 bits per heavy atom. The summed E-state index contributed by atoms with van der Waals surface area (Å²) in [6.07, 6.45) is 4.38. The normalized spacial score (nSPS) is 20.1. The number of carbonyl (C=O) groups is 1. The fraction of sp³-hybridized carbons (Fsp3) is 0.733. The van der Waals surface area contributed by atoms with Crippen molar-refractivity contribution >= 4 is 17.7 Å². The standard InChI is InChI=1S/C15H25N3O2S/c1-11(2)13-7-16-15(21-10-14(19)20)18(13)9-12-5-4-6-17(3)8-12/h7,11-12H,4-6,8-10H2,1-3H3,(H,19,20). The van der Waals surface area contributed by atoms with Gasteiger partial charge in [-0.1, -0.05) is 25.6 Å². The Hall–Kier alpha value is -1.01. The quantitative estimate of drug-likeness (QED) is 0.818. The van der Waals surface area contributed by atoms with Crippen LogP contribution in [0.1, 0.15) is 38.3 Å². The van der Waals surface area contributed by atoms with Crippen LogP contribution in [0.4, 0.5) is 0 Å². The zero-order valence-corrected chi connectivity index (χ0v) is 13.9. The smallest absolute Gasteiger partial charge is 0.313 e. The van der Waals surface area contributed by atoms with E-state index in [2.05, 4.69) is 35.3 Å². The number of nitrogens with zero attached hydrogens (tertiary/aromatic N) is 3. The van der Waals surface area contributed by atoms with E-state index in [9.17, 15) is 4.79 Å². The lowest BCUT2D eigenvalue weighted by molar-refractivity contribution is -0.133. The minimum atomic E-state index is -0.793. The van der Waals surface area contributed by atoms with Crippen LogP contribution in [-0.2, 0) is 11.3 Å². The minimum Gasteiger partial charge on any atom is -0.481 e. The van der Waals surface area contributed by atoms with Crippen LogP contribution < -0.4 is 0 Å². The lowest BCUT2D eigenvalue weighted by Crippen LogP contribution is -2.34. The van der Waals surface area contributed by atoms with Crippen molar-refractivity contribution in [2.75, 3.05) is 25.9 Å². The molecule has 1 aliphatic heterocycles. The average Bonchev–Trinajstić information content (AvgIpc) is 2.79. The summed E-state index contributed by atoms with van der Waals surface area (Å²) in [7, 11) is 2.17. The summed E-state index contributed by atoms with van der Waals surface area (Å²) in [5, 5.41) is 9.72. The second-order valence-corrected chi connectivity index (χ2v) is 7.13. The molecular weight excluding hydrogens is 286 g/mol. The molecule has 1 N–H and O–H groups in total. The molecule has 0 bridgehead atoms. The van der Waals surface area contributed by atoms with E-state index in [-0.39, 0.29) is 5.75 Å². The third-order valence-corrected chi connectivity index (χ3v) is 4.90. The summed E-state index contributed by atoms with van der Waals surface area (Å²) in [6.45, 7) is 7.55. The second kappa shape index (κ2) is 7.31. The van der Waals surface area contributed by atoms with Gasteiger partial charge in [-0.25, -0.2) is 4.98 Å². The number of piperidine rings is 1. The number of aromatic nitrogens is 2. The summed E-state index contributed by atoms with van der Waals surface area (Å²) in [5.41, 5.74) is 1.20. The van der Waals surface area contributed by atoms with Gasteiger partial charge in [0.05, 0.1) is 5.75 Å². The van der Waals surface area contributed by atoms with Gasteiger partial charge < -0.3 is 14.6 Å². The zero-order valence-electron chi connectivity index (χ0n) is 13.1. The molecule has 0 aliphatic carbocycles. The maximum absolute atomic E-state index is 10.8. The molecule has 5 nitrogen and oxygen atoms in total. The van der Waals surface area contributed by atoms with Crippen molar-refractivity contribution in [2.24, 2.45) is 5.92 Å². The van der Waals surface area contributed by atoms with Crippen molar-refractivity contribution < 1.29 is 9.90 Å². The predicted octanol–water partition coefficient (Wildman–Crippen LogP) is 2.53. The fourth-order valence-corrected chi connectivity index (χ4v) is 3.65. The molecule has 1 aromatic heterocycles. The van der Waals surface area contributed by atoms with Gasteiger partial charge in [-0.15, -0.1) is 0 Å². The molecule has 0 radical (unpaired) electrons. The first kappa shape index (κ1) is 16.4. The van der Waals surface area contributed by atoms with E-state index in [1.165, 1.54) is 36.8 Å². The van der Waals surface area contributed by atoms with E-state index in [4.69, 9.17) is 5.11 Å². The molecule has 1 unspecified atom stereocenters. The Bertz CT molecular complexity index is 487. The molecule has 0 amide bonds. The van der Waals surface area contributed by atoms with Gasteiger partial charge in [-0.2, -0.15) is 0 Å². The molecular formula is C15H25N3O2S. The summed E-state index contributed by atoms with van der Waals surface area (Å²) in [4.78, 5) is 17.6. The van der Waals surface area contributed by atoms with Crippen LogP contribution in [0.3, 0.4) is 0 Å². The lowest BCUT2D eigenvalue weighted by atomic mass is 9.98. The molecule has 1 fully saturated rings. The van der Waals surface area contributed by atoms with Gasteiger partial charge >= 0.3 is 5.97 Å². The molecule has 0 spiro atoms. The van der Waals surface area contributed by atoms with Crippen molar-refractivity contribution in [1.29, 1.82) is 0 Å². The van der Waals surface area contributed by atoms with Gasteiger partial charge in [-0.3, -0.25) is 4.79 Å². The zero-order chi connectivity index (χ0) is 15.4. The van der Waals surface area contributed by atoms with E-state index in [0.717, 1.165) is 18.2 Å². The molecule has 21 heavy (non-hydrogen) atoms. The fourth-order valence-electron chi connectivity index (χ4n) is 2.94. The Morgan fingerprint density at radius 3 is 2.95 bits per heavy atom. The minimum absolute atomic E-state index is 0.0686. The van der Waals surface area contributed by atoms with Crippen molar-refractivity contribution in [2.45, 2.75) is 44.3 Å². The third-order valence-electron chi connectivity index (χ3n) is 3.93. The van der Waals surface area contributed by atoms with Crippen molar-refractivity contribution in [3.63, 3.8) is 0 Å². The first-order valence-corrected chi connectivity index (χ1v) is 8.54. The third kappa shape index (κ3) is 4.48. The van der Waals surface area contributed by atoms with Gasteiger partial charge in [0.2, 0.25) is 0 Å². The van der Waals surface area contributed by atoms with Crippen LogP contribution in [0, 0.1) is 5.92 Å². The number of likely N-dealkylation sites (tertiary alicyclic amines) is 1. The van der Waals surface area contributed by atoms with Crippen LogP contribution in [0.15, 0.2) is 11.4 Å². The van der Waals surface area contributed by atoms with E-state index < -0.39 is 5.97 Å². The van der Waals surface area contributed by atoms with Gasteiger partial charge in [0, 0.05) is 25.0 Å². The summed E-state index contributed by atoms with van der Waals surface area (Å²) < 4.78 is 2.24. The van der Waals surface area contributed by atoms with Gasteiger partial charge in [0.1, 0.15) is 0 Å². The SMILES string of the molecule is CC(C)c1cnc(SCC(=O)O)n1CC1CCCN(C)C1. The van der Waals surface area contributed by atoms with Gasteiger partial charge in [-0.05, 0) is 38.3 Å². The Labute approximate surface area is 130 Å². The van der Waals surface area contributed by atoms with Crippen molar-refractivity contribution in [3.05, 3.63) is 11.9 Å². The maximum atomic E-state index is 10.8. The summed E-state index contributed by atoms with van der Waals surface area (Å²) in [5.74, 6) is 0.301. The highest BCUT2D eigenvalue weighted by Gasteiger charge is 2.21. The highest BCUT2D eigenvalue weighted by molar-refractivity contribution is 7.99. The van der Waals surface area contributed by atoms with E-state index in [1.54, 1.807) is 0 Å². The topological polar surface area (TPSA) is 58.4 Å². The van der Waals surface area contributed by atoms with Gasteiger partial charge in [0.15, 0.2) is 5.16 Å². The van der Waals surface area contributed by atoms with E-state index in [1.807, 2.05) is 6.20 Å². The average molecular weight is 311 g/mol. The van der Waals surface area contributed by atoms with Crippen LogP contribution in [0.2, 0.25) is 0 Å². The highest BCUT2D eigenvalue weighted by atomic mass is 32.2. The number of thioether (sulfide) groups is 1. The van der Waals surface area contributed by atoms with E-state index >= 15 is 0 Å². The first-order valence-electron chi connectivity index (χ1n) is 7.56. The summed E-state index contributed by atoms with van der Waals surface area (Å²) in [6, 6.07) is 0. The monoisotopic (exact) mass is 311 g/mol. The van der Waals surface area contributed by atoms with E-state index in [0.29, 0.717) is 11.8 Å². The number of aliphatic carboxylic acids is 1. The largest absolute Gasteiger partial charge is 0.481 e. The Kier molecular flexibility index (Phi) is 5.70. The molecule has 1 aromatic rings. The van der Waals surface area contributed by atoms with Gasteiger partial charge in [0.25, 0.3) is 0 Å². The molecule has 1 saturated heterocycles. The van der Waals surface area contributed by atoms with Crippen LogP contribution in [0.5, 0.6) is 0 Å². The molecule has 0 aromatic carbocycles. The first-order chi connectivity index (χ1) is 9.97. The highest BCUT2D eigenvalue weighted by Crippen LogP contribution is 2.26. The molecule has 2 rings (SSSR count). The van der Waals surface area contributed by atoms with Crippen LogP contribution in [-0.4, -0.2) is 51.4 Å². The number of carboxylic acid groups (broad SMARTS) is 1. The summed E-state index contributed by atoms with van der Waals surface area (Å²) >= 11 is 1.32. The molecule has 6 heteroatoms. The lowest BCUT2D eigenvalue weighted by Gasteiger charge is -2.30. The Morgan fingerprint density at radius 1 is 1.57 bits per heavy atom. The molecule has 1 atom stereocenters. The number of rotatable bonds is 6. The number of hydrogen-bond donors (Lipinski definition) is 1. The maximum Gasteiger partial charge on any atom is 0.313 e. The number of hydrogen-bond acceptors (Lipinski definition) is 4. The van der Waals surface area contributed by atoms with Crippen molar-refractivity contribution in [3.8, 4) is 0 Å². The molecule has 118 valence electrons. The molecule has 1 aliphatic rings. The Balaban J connectivity index is 2.13. The second-order valence-electron chi connectivity index (χ2n) is 6.18. The van der Waals surface area contributed by atoms with Crippen LogP contribution >= 0.6 is 11.8 Å². The van der Waals surface area contributed by atoms with Crippen LogP contribution in [0.25, 0.3) is 0 Å². The molecule has 0 saturated carbocycles. The number of imidazole rings is 1.